The predicted octanol–water partition coefficient (Wildman–Crippen LogP) is 3.48. The highest BCUT2D eigenvalue weighted by Crippen LogP contribution is 2.09. The number of unbranched alkanes of at least 4 members (excludes halogenated alkanes) is 3. The lowest BCUT2D eigenvalue weighted by Gasteiger charge is -2.23. The average Bonchev–Trinajstić information content (AvgIpc) is 2.67. The van der Waals surface area contributed by atoms with E-state index in [0.29, 0.717) is 6.42 Å². The van der Waals surface area contributed by atoms with Crippen molar-refractivity contribution in [1.29, 1.82) is 0 Å². The van der Waals surface area contributed by atoms with Gasteiger partial charge >= 0.3 is 12.1 Å². The molecule has 0 unspecified atom stereocenters. The molecule has 0 aromatic heterocycles. The maximum Gasteiger partial charge on any atom is 0.408 e. The van der Waals surface area contributed by atoms with E-state index in [-0.39, 0.29) is 12.5 Å². The Morgan fingerprint density at radius 3 is 2.29 bits per heavy atom. The van der Waals surface area contributed by atoms with Gasteiger partial charge in [0.2, 0.25) is 5.91 Å². The molecule has 28 heavy (non-hydrogen) atoms. The van der Waals surface area contributed by atoms with Gasteiger partial charge in [-0.1, -0.05) is 76.8 Å². The van der Waals surface area contributed by atoms with Crippen molar-refractivity contribution in [1.82, 2.24) is 10.6 Å². The zero-order valence-corrected chi connectivity index (χ0v) is 16.9. The van der Waals surface area contributed by atoms with Gasteiger partial charge in [-0.2, -0.15) is 0 Å². The minimum Gasteiger partial charge on any atom is -0.480 e. The number of carbonyl (C=O) groups excluding carboxylic acids is 2. The molecule has 0 aliphatic heterocycles. The van der Waals surface area contributed by atoms with Crippen LogP contribution in [0.1, 0.15) is 58.4 Å². The Kier molecular flexibility index (Phi) is 10.7. The van der Waals surface area contributed by atoms with Crippen molar-refractivity contribution in [2.45, 2.75) is 71.6 Å². The number of rotatable bonds is 12. The number of ether oxygens (including phenoxy) is 1. The van der Waals surface area contributed by atoms with Crippen LogP contribution in [0.15, 0.2) is 30.3 Å². The van der Waals surface area contributed by atoms with Crippen LogP contribution < -0.4 is 10.6 Å². The summed E-state index contributed by atoms with van der Waals surface area (Å²) >= 11 is 0. The number of hydrogen-bond donors (Lipinski definition) is 3. The normalized spacial score (nSPS) is 12.9. The summed E-state index contributed by atoms with van der Waals surface area (Å²) in [5, 5.41) is 14.5. The second-order valence-corrected chi connectivity index (χ2v) is 7.18. The molecule has 7 heteroatoms. The first-order valence-electron chi connectivity index (χ1n) is 9.85. The predicted molar refractivity (Wildman–Crippen MR) is 107 cm³/mol. The Morgan fingerprint density at radius 2 is 1.71 bits per heavy atom. The van der Waals surface area contributed by atoms with Gasteiger partial charge in [0.05, 0.1) is 0 Å². The molecule has 0 saturated carbocycles. The molecule has 3 N–H and O–H groups in total. The second-order valence-electron chi connectivity index (χ2n) is 7.18. The summed E-state index contributed by atoms with van der Waals surface area (Å²) in [6.07, 6.45) is 3.38. The van der Waals surface area contributed by atoms with E-state index in [4.69, 9.17) is 4.74 Å². The molecular weight excluding hydrogens is 360 g/mol. The molecule has 1 aromatic carbocycles. The van der Waals surface area contributed by atoms with E-state index >= 15 is 0 Å². The third kappa shape index (κ3) is 8.88. The molecule has 0 bridgehead atoms. The van der Waals surface area contributed by atoms with Crippen LogP contribution in [0.2, 0.25) is 0 Å². The lowest BCUT2D eigenvalue weighted by molar-refractivity contribution is -0.142. The van der Waals surface area contributed by atoms with Crippen molar-refractivity contribution < 1.29 is 24.2 Å². The number of alkyl carbamates (subject to hydrolysis) is 1. The molecule has 156 valence electrons. The number of carboxylic acid groups (broad SMARTS) is 1. The van der Waals surface area contributed by atoms with Crippen LogP contribution in [-0.4, -0.2) is 35.2 Å². The third-order valence-electron chi connectivity index (χ3n) is 4.40. The highest BCUT2D eigenvalue weighted by molar-refractivity contribution is 5.89. The van der Waals surface area contributed by atoms with Crippen LogP contribution in [0.4, 0.5) is 4.79 Å². The van der Waals surface area contributed by atoms with Gasteiger partial charge in [-0.05, 0) is 17.9 Å². The first-order valence-corrected chi connectivity index (χ1v) is 9.85. The summed E-state index contributed by atoms with van der Waals surface area (Å²) in [5.74, 6) is -1.81. The number of hydrogen-bond acceptors (Lipinski definition) is 4. The van der Waals surface area contributed by atoms with Gasteiger partial charge in [0, 0.05) is 0 Å². The minimum absolute atomic E-state index is 0.0916. The zero-order chi connectivity index (χ0) is 20.9. The highest BCUT2D eigenvalue weighted by atomic mass is 16.5. The van der Waals surface area contributed by atoms with Gasteiger partial charge in [-0.15, -0.1) is 0 Å². The van der Waals surface area contributed by atoms with Crippen molar-refractivity contribution in [2.75, 3.05) is 0 Å². The Hall–Kier alpha value is -2.57. The molecule has 0 aliphatic rings. The number of carboxylic acids is 1. The molecular formula is C21H32N2O5. The van der Waals surface area contributed by atoms with Crippen LogP contribution in [0.3, 0.4) is 0 Å². The van der Waals surface area contributed by atoms with E-state index < -0.39 is 30.1 Å². The van der Waals surface area contributed by atoms with Gasteiger partial charge in [0.1, 0.15) is 18.7 Å². The van der Waals surface area contributed by atoms with E-state index in [2.05, 4.69) is 17.6 Å². The standard InChI is InChI=1S/C21H32N2O5/c1-4-5-6-10-13-17(20(25)26)22-19(24)18(15(2)3)23-21(27)28-14-16-11-8-7-9-12-16/h7-9,11-12,15,17-18H,4-6,10,13-14H2,1-3H3,(H,22,24)(H,23,27)(H,25,26)/t17-,18-/m0/s1. The Labute approximate surface area is 166 Å². The van der Waals surface area contributed by atoms with Crippen molar-refractivity contribution in [3.8, 4) is 0 Å². The van der Waals surface area contributed by atoms with Gasteiger partial charge < -0.3 is 20.5 Å². The van der Waals surface area contributed by atoms with Gasteiger partial charge in [-0.25, -0.2) is 9.59 Å². The molecule has 7 nitrogen and oxygen atoms in total. The maximum absolute atomic E-state index is 12.6. The first kappa shape index (κ1) is 23.5. The molecule has 0 heterocycles. The number of benzene rings is 1. The van der Waals surface area contributed by atoms with Crippen LogP contribution in [0, 0.1) is 5.92 Å². The number of nitrogens with one attached hydrogen (secondary N) is 2. The third-order valence-corrected chi connectivity index (χ3v) is 4.40. The number of aliphatic carboxylic acids is 1. The molecule has 0 saturated heterocycles. The Bertz CT molecular complexity index is 618. The van der Waals surface area contributed by atoms with E-state index in [1.165, 1.54) is 0 Å². The number of carbonyl (C=O) groups is 3. The van der Waals surface area contributed by atoms with E-state index in [1.54, 1.807) is 13.8 Å². The fraction of sp³-hybridized carbons (Fsp3) is 0.571. The topological polar surface area (TPSA) is 105 Å². The molecule has 0 aliphatic carbocycles. The van der Waals surface area contributed by atoms with Crippen LogP contribution in [-0.2, 0) is 20.9 Å². The molecule has 1 rings (SSSR count). The van der Waals surface area contributed by atoms with Crippen LogP contribution in [0.25, 0.3) is 0 Å². The van der Waals surface area contributed by atoms with Crippen molar-refractivity contribution in [3.63, 3.8) is 0 Å². The van der Waals surface area contributed by atoms with Crippen molar-refractivity contribution >= 4 is 18.0 Å². The highest BCUT2D eigenvalue weighted by Gasteiger charge is 2.28. The lowest BCUT2D eigenvalue weighted by Crippen LogP contribution is -2.53. The molecule has 1 aromatic rings. The first-order chi connectivity index (χ1) is 13.3. The molecule has 2 amide bonds. The summed E-state index contributed by atoms with van der Waals surface area (Å²) in [6.45, 7) is 5.72. The minimum atomic E-state index is -1.07. The maximum atomic E-state index is 12.6. The van der Waals surface area contributed by atoms with E-state index in [9.17, 15) is 19.5 Å². The van der Waals surface area contributed by atoms with Crippen molar-refractivity contribution in [3.05, 3.63) is 35.9 Å². The Balaban J connectivity index is 2.58. The zero-order valence-electron chi connectivity index (χ0n) is 16.9. The molecule has 0 radical (unpaired) electrons. The number of amides is 2. The fourth-order valence-electron chi connectivity index (χ4n) is 2.72. The summed E-state index contributed by atoms with van der Waals surface area (Å²) < 4.78 is 5.16. The van der Waals surface area contributed by atoms with Crippen molar-refractivity contribution in [2.24, 2.45) is 5.92 Å². The largest absolute Gasteiger partial charge is 0.480 e. The van der Waals surface area contributed by atoms with Gasteiger partial charge in [-0.3, -0.25) is 4.79 Å². The monoisotopic (exact) mass is 392 g/mol. The van der Waals surface area contributed by atoms with Gasteiger partial charge in [0.25, 0.3) is 0 Å². The molecule has 0 spiro atoms. The van der Waals surface area contributed by atoms with E-state index in [1.807, 2.05) is 30.3 Å². The summed E-state index contributed by atoms with van der Waals surface area (Å²) in [5.41, 5.74) is 0.834. The summed E-state index contributed by atoms with van der Waals surface area (Å²) in [7, 11) is 0. The lowest BCUT2D eigenvalue weighted by atomic mass is 10.0. The average molecular weight is 392 g/mol. The Morgan fingerprint density at radius 1 is 1.04 bits per heavy atom. The second kappa shape index (κ2) is 12.8. The van der Waals surface area contributed by atoms with E-state index in [0.717, 1.165) is 31.2 Å². The quantitative estimate of drug-likeness (QED) is 0.472. The molecule has 2 atom stereocenters. The SMILES string of the molecule is CCCCCC[C@H](NC(=O)[C@@H](NC(=O)OCc1ccccc1)C(C)C)C(=O)O. The van der Waals surface area contributed by atoms with Crippen LogP contribution >= 0.6 is 0 Å². The summed E-state index contributed by atoms with van der Waals surface area (Å²) in [6, 6.07) is 7.37. The molecule has 0 fully saturated rings. The fourth-order valence-corrected chi connectivity index (χ4v) is 2.72. The summed E-state index contributed by atoms with van der Waals surface area (Å²) in [4.78, 5) is 36.1. The smallest absolute Gasteiger partial charge is 0.408 e. The van der Waals surface area contributed by atoms with Crippen LogP contribution in [0.5, 0.6) is 0 Å². The van der Waals surface area contributed by atoms with Gasteiger partial charge in [0.15, 0.2) is 0 Å².